The highest BCUT2D eigenvalue weighted by molar-refractivity contribution is 7.92. The fourth-order valence-corrected chi connectivity index (χ4v) is 5.52. The van der Waals surface area contributed by atoms with Crippen LogP contribution in [0.2, 0.25) is 0 Å². The molecule has 0 aliphatic heterocycles. The minimum Gasteiger partial charge on any atom is -0.494 e. The quantitative estimate of drug-likeness (QED) is 0.320. The van der Waals surface area contributed by atoms with E-state index in [1.807, 2.05) is 52.0 Å². The fraction of sp³-hybridized carbons (Fsp3) is 0.355. The van der Waals surface area contributed by atoms with E-state index in [1.165, 1.54) is 17.0 Å². The Bertz CT molecular complexity index is 1370. The Labute approximate surface area is 238 Å². The van der Waals surface area contributed by atoms with Crippen LogP contribution in [0.1, 0.15) is 43.9 Å². The number of hydrogen-bond acceptors (Lipinski definition) is 5. The molecule has 2 amide bonds. The summed E-state index contributed by atoms with van der Waals surface area (Å²) >= 11 is 0. The van der Waals surface area contributed by atoms with Crippen LogP contribution in [-0.4, -0.2) is 50.9 Å². The summed E-state index contributed by atoms with van der Waals surface area (Å²) < 4.78 is 34.4. The lowest BCUT2D eigenvalue weighted by atomic mass is 10.1. The van der Waals surface area contributed by atoms with Gasteiger partial charge in [-0.05, 0) is 76.1 Å². The summed E-state index contributed by atoms with van der Waals surface area (Å²) in [4.78, 5) is 28.4. The molecule has 0 aliphatic carbocycles. The third-order valence-corrected chi connectivity index (χ3v) is 8.30. The molecular weight excluding hydrogens is 526 g/mol. The number of amides is 2. The molecule has 3 aromatic rings. The van der Waals surface area contributed by atoms with E-state index >= 15 is 0 Å². The molecular formula is C31H39N3O5S. The maximum absolute atomic E-state index is 13.9. The van der Waals surface area contributed by atoms with Gasteiger partial charge in [-0.1, -0.05) is 54.4 Å². The van der Waals surface area contributed by atoms with Crippen molar-refractivity contribution in [2.75, 3.05) is 24.0 Å². The smallest absolute Gasteiger partial charge is 0.264 e. The number of rotatable bonds is 13. The average molecular weight is 566 g/mol. The van der Waals surface area contributed by atoms with Gasteiger partial charge >= 0.3 is 0 Å². The number of benzene rings is 3. The summed E-state index contributed by atoms with van der Waals surface area (Å²) in [6, 6.07) is 19.9. The summed E-state index contributed by atoms with van der Waals surface area (Å²) in [5, 5.41) is 2.85. The molecule has 0 aromatic heterocycles. The molecule has 3 aromatic carbocycles. The molecule has 0 saturated heterocycles. The number of carbonyl (C=O) groups excluding carboxylic acids is 2. The van der Waals surface area contributed by atoms with E-state index in [4.69, 9.17) is 4.74 Å². The lowest BCUT2D eigenvalue weighted by Gasteiger charge is -2.32. The van der Waals surface area contributed by atoms with E-state index in [0.29, 0.717) is 24.6 Å². The van der Waals surface area contributed by atoms with Crippen molar-refractivity contribution in [3.8, 4) is 5.75 Å². The topological polar surface area (TPSA) is 96.0 Å². The Balaban J connectivity index is 2.01. The second kappa shape index (κ2) is 14.0. The minimum absolute atomic E-state index is 0.0682. The fourth-order valence-electron chi connectivity index (χ4n) is 4.11. The van der Waals surface area contributed by atoms with Gasteiger partial charge in [-0.25, -0.2) is 8.42 Å². The molecule has 0 bridgehead atoms. The predicted molar refractivity (Wildman–Crippen MR) is 158 cm³/mol. The minimum atomic E-state index is -4.12. The maximum atomic E-state index is 13.9. The lowest BCUT2D eigenvalue weighted by molar-refractivity contribution is -0.139. The normalized spacial score (nSPS) is 11.9. The monoisotopic (exact) mass is 565 g/mol. The number of nitrogens with one attached hydrogen (secondary N) is 1. The van der Waals surface area contributed by atoms with E-state index in [-0.39, 0.29) is 17.3 Å². The van der Waals surface area contributed by atoms with Crippen molar-refractivity contribution in [2.24, 2.45) is 0 Å². The van der Waals surface area contributed by atoms with Gasteiger partial charge in [-0.3, -0.25) is 13.9 Å². The number of ether oxygens (including phenoxy) is 1. The van der Waals surface area contributed by atoms with Gasteiger partial charge in [-0.15, -0.1) is 0 Å². The first-order valence-corrected chi connectivity index (χ1v) is 15.0. The number of carbonyl (C=O) groups is 2. The van der Waals surface area contributed by atoms with Crippen molar-refractivity contribution in [1.29, 1.82) is 0 Å². The van der Waals surface area contributed by atoms with Gasteiger partial charge in [0.15, 0.2) is 0 Å². The Kier molecular flexibility index (Phi) is 10.7. The van der Waals surface area contributed by atoms with E-state index in [2.05, 4.69) is 5.32 Å². The number of hydrogen-bond donors (Lipinski definition) is 1. The van der Waals surface area contributed by atoms with Crippen LogP contribution in [0, 0.1) is 13.8 Å². The molecule has 9 heteroatoms. The number of anilines is 1. The molecule has 0 saturated carbocycles. The molecule has 40 heavy (non-hydrogen) atoms. The second-order valence-corrected chi connectivity index (χ2v) is 11.6. The van der Waals surface area contributed by atoms with Crippen LogP contribution in [0.15, 0.2) is 77.7 Å². The zero-order valence-electron chi connectivity index (χ0n) is 23.9. The van der Waals surface area contributed by atoms with Crippen molar-refractivity contribution in [1.82, 2.24) is 10.2 Å². The van der Waals surface area contributed by atoms with Gasteiger partial charge in [0.2, 0.25) is 11.8 Å². The van der Waals surface area contributed by atoms with Crippen LogP contribution in [0.4, 0.5) is 5.69 Å². The zero-order valence-corrected chi connectivity index (χ0v) is 24.7. The van der Waals surface area contributed by atoms with Gasteiger partial charge in [0, 0.05) is 13.1 Å². The van der Waals surface area contributed by atoms with Crippen LogP contribution in [0.3, 0.4) is 0 Å². The second-order valence-electron chi connectivity index (χ2n) is 9.73. The zero-order chi connectivity index (χ0) is 29.3. The van der Waals surface area contributed by atoms with Gasteiger partial charge in [0.1, 0.15) is 18.3 Å². The lowest BCUT2D eigenvalue weighted by Crippen LogP contribution is -2.51. The highest BCUT2D eigenvalue weighted by Gasteiger charge is 2.32. The molecule has 3 rings (SSSR count). The van der Waals surface area contributed by atoms with E-state index in [9.17, 15) is 18.0 Å². The average Bonchev–Trinajstić information content (AvgIpc) is 2.94. The Morgan fingerprint density at radius 3 is 2.00 bits per heavy atom. The number of aryl methyl sites for hydroxylation is 2. The molecule has 214 valence electrons. The van der Waals surface area contributed by atoms with Crippen molar-refractivity contribution < 1.29 is 22.7 Å². The largest absolute Gasteiger partial charge is 0.494 e. The molecule has 0 heterocycles. The first-order valence-electron chi connectivity index (χ1n) is 13.5. The molecule has 0 fully saturated rings. The summed E-state index contributed by atoms with van der Waals surface area (Å²) in [6.45, 7) is 9.93. The van der Waals surface area contributed by atoms with Crippen LogP contribution in [-0.2, 0) is 26.2 Å². The predicted octanol–water partition coefficient (Wildman–Crippen LogP) is 4.84. The maximum Gasteiger partial charge on any atom is 0.264 e. The number of nitrogens with zero attached hydrogens (tertiary/aromatic N) is 2. The Morgan fingerprint density at radius 1 is 0.875 bits per heavy atom. The Hall–Kier alpha value is -3.85. The van der Waals surface area contributed by atoms with Crippen LogP contribution >= 0.6 is 0 Å². The first-order chi connectivity index (χ1) is 19.1. The van der Waals surface area contributed by atoms with Gasteiger partial charge < -0.3 is 15.0 Å². The van der Waals surface area contributed by atoms with Crippen LogP contribution < -0.4 is 14.4 Å². The summed E-state index contributed by atoms with van der Waals surface area (Å²) in [5.74, 6) is -0.201. The third kappa shape index (κ3) is 7.85. The molecule has 8 nitrogen and oxygen atoms in total. The first kappa shape index (κ1) is 30.7. The molecule has 1 atom stereocenters. The van der Waals surface area contributed by atoms with E-state index in [0.717, 1.165) is 27.4 Å². The molecule has 0 aliphatic rings. The molecule has 1 unspecified atom stereocenters. The van der Waals surface area contributed by atoms with Gasteiger partial charge in [-0.2, -0.15) is 0 Å². The highest BCUT2D eigenvalue weighted by atomic mass is 32.2. The SMILES string of the molecule is CCCNC(=O)C(C)N(Cc1ccc(C)cc1)C(=O)CN(c1ccc(OCC)cc1)S(=O)(=O)c1ccc(C)cc1. The third-order valence-electron chi connectivity index (χ3n) is 6.51. The Morgan fingerprint density at radius 2 is 1.45 bits per heavy atom. The van der Waals surface area contributed by atoms with Crippen molar-refractivity contribution in [3.63, 3.8) is 0 Å². The van der Waals surface area contributed by atoms with Gasteiger partial charge in [0.25, 0.3) is 10.0 Å². The van der Waals surface area contributed by atoms with Gasteiger partial charge in [0.05, 0.1) is 17.2 Å². The van der Waals surface area contributed by atoms with Crippen LogP contribution in [0.5, 0.6) is 5.75 Å². The van der Waals surface area contributed by atoms with Crippen molar-refractivity contribution in [2.45, 2.75) is 58.5 Å². The molecule has 1 N–H and O–H groups in total. The number of sulfonamides is 1. The standard InChI is InChI=1S/C31H39N3O5S/c1-6-20-32-31(36)25(5)33(21-26-12-8-23(3)9-13-26)30(35)22-34(27-14-16-28(17-15-27)39-7-2)40(37,38)29-18-10-24(4)11-19-29/h8-19,25H,6-7,20-22H2,1-5H3,(H,32,36). The van der Waals surface area contributed by atoms with Crippen molar-refractivity contribution in [3.05, 3.63) is 89.5 Å². The van der Waals surface area contributed by atoms with E-state index < -0.39 is 28.5 Å². The van der Waals surface area contributed by atoms with Crippen LogP contribution in [0.25, 0.3) is 0 Å². The molecule has 0 spiro atoms. The molecule has 0 radical (unpaired) electrons. The summed E-state index contributed by atoms with van der Waals surface area (Å²) in [6.07, 6.45) is 0.755. The summed E-state index contributed by atoms with van der Waals surface area (Å²) in [7, 11) is -4.12. The summed E-state index contributed by atoms with van der Waals surface area (Å²) in [5.41, 5.74) is 3.14. The van der Waals surface area contributed by atoms with E-state index in [1.54, 1.807) is 43.3 Å². The highest BCUT2D eigenvalue weighted by Crippen LogP contribution is 2.27. The van der Waals surface area contributed by atoms with Crippen molar-refractivity contribution >= 4 is 27.5 Å².